The molecule has 2 amide bonds. The molecule has 1 aliphatic rings. The van der Waals surface area contributed by atoms with E-state index in [4.69, 9.17) is 9.47 Å². The van der Waals surface area contributed by atoms with Gasteiger partial charge in [0.15, 0.2) is 0 Å². The zero-order valence-electron chi connectivity index (χ0n) is 21.1. The van der Waals surface area contributed by atoms with Gasteiger partial charge in [0.25, 0.3) is 5.69 Å². The number of hydrogen-bond acceptors (Lipinski definition) is 8. The summed E-state index contributed by atoms with van der Waals surface area (Å²) in [5.74, 6) is -0.875. The number of esters is 1. The Bertz CT molecular complexity index is 1210. The molecule has 1 unspecified atom stereocenters. The van der Waals surface area contributed by atoms with Crippen molar-refractivity contribution in [1.82, 2.24) is 9.80 Å². The lowest BCUT2D eigenvalue weighted by Gasteiger charge is -2.38. The monoisotopic (exact) mass is 527 g/mol. The summed E-state index contributed by atoms with van der Waals surface area (Å²) in [6, 6.07) is 11.6. The minimum Gasteiger partial charge on any atom is -0.467 e. The molecule has 0 aromatic heterocycles. The van der Waals surface area contributed by atoms with Gasteiger partial charge in [-0.3, -0.25) is 14.9 Å². The van der Waals surface area contributed by atoms with Crippen LogP contribution in [0.25, 0.3) is 6.08 Å². The summed E-state index contributed by atoms with van der Waals surface area (Å²) in [5.41, 5.74) is 1.49. The van der Waals surface area contributed by atoms with Crippen LogP contribution in [0.5, 0.6) is 0 Å². The molecule has 0 N–H and O–H groups in total. The first-order valence-electron chi connectivity index (χ1n) is 11.6. The molecule has 3 rings (SSSR count). The van der Waals surface area contributed by atoms with Crippen molar-refractivity contribution in [2.45, 2.75) is 35.6 Å². The second-order valence-corrected chi connectivity index (χ2v) is 9.68. The number of carbonyl (C=O) groups is 3. The van der Waals surface area contributed by atoms with Gasteiger partial charge < -0.3 is 19.3 Å². The highest BCUT2D eigenvalue weighted by Crippen LogP contribution is 2.39. The lowest BCUT2D eigenvalue weighted by molar-refractivity contribution is -0.387. The fourth-order valence-electron chi connectivity index (χ4n) is 3.98. The Hall–Kier alpha value is -3.86. The molecule has 1 atom stereocenters. The first-order valence-corrected chi connectivity index (χ1v) is 12.4. The van der Waals surface area contributed by atoms with E-state index in [0.29, 0.717) is 10.5 Å². The van der Waals surface area contributed by atoms with Crippen molar-refractivity contribution >= 4 is 41.5 Å². The quantitative estimate of drug-likeness (QED) is 0.226. The number of methoxy groups -OCH3 is 2. The predicted molar refractivity (Wildman–Crippen MR) is 138 cm³/mol. The van der Waals surface area contributed by atoms with Gasteiger partial charge in [-0.15, -0.1) is 0 Å². The van der Waals surface area contributed by atoms with E-state index in [2.05, 4.69) is 13.8 Å². The Kier molecular flexibility index (Phi) is 9.29. The number of piperazine rings is 1. The third-order valence-electron chi connectivity index (χ3n) is 5.93. The molecule has 37 heavy (non-hydrogen) atoms. The Morgan fingerprint density at radius 2 is 1.81 bits per heavy atom. The first kappa shape index (κ1) is 27.7. The zero-order valence-corrected chi connectivity index (χ0v) is 21.9. The van der Waals surface area contributed by atoms with Crippen LogP contribution in [-0.4, -0.2) is 72.6 Å². The van der Waals surface area contributed by atoms with Crippen molar-refractivity contribution in [3.05, 3.63) is 69.8 Å². The van der Waals surface area contributed by atoms with Crippen molar-refractivity contribution in [2.24, 2.45) is 0 Å². The molecular weight excluding hydrogens is 498 g/mol. The summed E-state index contributed by atoms with van der Waals surface area (Å²) >= 11 is 1.33. The number of benzene rings is 2. The minimum atomic E-state index is -0.996. The highest BCUT2D eigenvalue weighted by molar-refractivity contribution is 7.99. The van der Waals surface area contributed by atoms with E-state index < -0.39 is 28.9 Å². The van der Waals surface area contributed by atoms with E-state index in [1.165, 1.54) is 54.0 Å². The molecule has 0 saturated carbocycles. The first-order chi connectivity index (χ1) is 17.7. The molecule has 2 aromatic rings. The molecule has 1 heterocycles. The van der Waals surface area contributed by atoms with E-state index in [0.717, 1.165) is 10.5 Å². The van der Waals surface area contributed by atoms with Gasteiger partial charge in [-0.1, -0.05) is 49.9 Å². The van der Waals surface area contributed by atoms with Gasteiger partial charge in [-0.25, -0.2) is 9.59 Å². The number of nitro groups is 1. The van der Waals surface area contributed by atoms with Crippen molar-refractivity contribution in [1.29, 1.82) is 0 Å². The number of carbonyl (C=O) groups excluding carboxylic acids is 3. The fourth-order valence-corrected chi connectivity index (χ4v) is 5.16. The maximum absolute atomic E-state index is 12.9. The SMILES string of the molecule is COC(=O)C1CN(C(=O)OC)CCN1C(=O)C=Cc1ccc(Sc2ccccc2C(C)C)c([N+](=O)[O-])c1. The van der Waals surface area contributed by atoms with Crippen LogP contribution in [0.2, 0.25) is 0 Å². The summed E-state index contributed by atoms with van der Waals surface area (Å²) in [6.45, 7) is 4.36. The molecule has 196 valence electrons. The number of nitro benzene ring substituents is 1. The van der Waals surface area contributed by atoms with Gasteiger partial charge in [-0.2, -0.15) is 0 Å². The summed E-state index contributed by atoms with van der Waals surface area (Å²) < 4.78 is 9.52. The molecule has 0 aliphatic carbocycles. The minimum absolute atomic E-state index is 0.0613. The van der Waals surface area contributed by atoms with Crippen LogP contribution in [0.15, 0.2) is 58.3 Å². The summed E-state index contributed by atoms with van der Waals surface area (Å²) in [5, 5.41) is 11.8. The van der Waals surface area contributed by atoms with Gasteiger partial charge in [-0.05, 0) is 35.3 Å². The maximum atomic E-state index is 12.9. The summed E-state index contributed by atoms with van der Waals surface area (Å²) in [4.78, 5) is 52.5. The predicted octanol–water partition coefficient (Wildman–Crippen LogP) is 4.33. The number of hydrogen-bond donors (Lipinski definition) is 0. The fraction of sp³-hybridized carbons (Fsp3) is 0.346. The molecule has 11 heteroatoms. The van der Waals surface area contributed by atoms with Gasteiger partial charge in [0.05, 0.1) is 30.6 Å². The lowest BCUT2D eigenvalue weighted by Crippen LogP contribution is -2.59. The molecule has 10 nitrogen and oxygen atoms in total. The Morgan fingerprint density at radius 3 is 2.46 bits per heavy atom. The standard InChI is InChI=1S/C26H29N3O7S/c1-17(2)19-7-5-6-8-22(19)37-23-11-9-18(15-20(23)29(33)34)10-12-24(30)28-14-13-27(26(32)36-4)16-21(28)25(31)35-3/h5-12,15,17,21H,13-14,16H2,1-4H3. The Morgan fingerprint density at radius 1 is 1.08 bits per heavy atom. The van der Waals surface area contributed by atoms with Gasteiger partial charge in [0.1, 0.15) is 6.04 Å². The molecule has 1 aliphatic heterocycles. The van der Waals surface area contributed by atoms with E-state index in [9.17, 15) is 24.5 Å². The van der Waals surface area contributed by atoms with Gasteiger partial charge in [0, 0.05) is 30.1 Å². The van der Waals surface area contributed by atoms with Crippen LogP contribution in [-0.2, 0) is 19.1 Å². The summed E-state index contributed by atoms with van der Waals surface area (Å²) in [7, 11) is 2.44. The van der Waals surface area contributed by atoms with Crippen LogP contribution in [0.3, 0.4) is 0 Å². The number of ether oxygens (including phenoxy) is 2. The Balaban J connectivity index is 1.81. The molecule has 2 aromatic carbocycles. The number of nitrogens with zero attached hydrogens (tertiary/aromatic N) is 3. The van der Waals surface area contributed by atoms with E-state index in [1.54, 1.807) is 12.1 Å². The largest absolute Gasteiger partial charge is 0.467 e. The van der Waals surface area contributed by atoms with Crippen LogP contribution >= 0.6 is 11.8 Å². The topological polar surface area (TPSA) is 119 Å². The summed E-state index contributed by atoms with van der Waals surface area (Å²) in [6.07, 6.45) is 2.12. The third-order valence-corrected chi connectivity index (χ3v) is 7.09. The molecule has 0 radical (unpaired) electrons. The van der Waals surface area contributed by atoms with E-state index in [1.807, 2.05) is 24.3 Å². The second kappa shape index (κ2) is 12.4. The normalized spacial score (nSPS) is 15.6. The van der Waals surface area contributed by atoms with Gasteiger partial charge >= 0.3 is 12.1 Å². The van der Waals surface area contributed by atoms with Crippen molar-refractivity contribution in [2.75, 3.05) is 33.9 Å². The third kappa shape index (κ3) is 6.67. The highest BCUT2D eigenvalue weighted by atomic mass is 32.2. The molecule has 1 fully saturated rings. The number of amides is 2. The smallest absolute Gasteiger partial charge is 0.409 e. The van der Waals surface area contributed by atoms with Crippen LogP contribution in [0.1, 0.15) is 30.9 Å². The average Bonchev–Trinajstić information content (AvgIpc) is 2.91. The van der Waals surface area contributed by atoms with Crippen molar-refractivity contribution < 1.29 is 28.8 Å². The Labute approximate surface area is 219 Å². The van der Waals surface area contributed by atoms with Crippen LogP contribution in [0, 0.1) is 10.1 Å². The average molecular weight is 528 g/mol. The molecule has 0 bridgehead atoms. The lowest BCUT2D eigenvalue weighted by atomic mass is 10.0. The van der Waals surface area contributed by atoms with E-state index in [-0.39, 0.29) is 31.2 Å². The molecular formula is C26H29N3O7S. The van der Waals surface area contributed by atoms with Crippen LogP contribution < -0.4 is 0 Å². The van der Waals surface area contributed by atoms with Crippen LogP contribution in [0.4, 0.5) is 10.5 Å². The number of rotatable bonds is 7. The zero-order chi connectivity index (χ0) is 27.1. The molecule has 0 spiro atoms. The second-order valence-electron chi connectivity index (χ2n) is 8.60. The molecule has 1 saturated heterocycles. The highest BCUT2D eigenvalue weighted by Gasteiger charge is 2.37. The van der Waals surface area contributed by atoms with Crippen molar-refractivity contribution in [3.8, 4) is 0 Å². The van der Waals surface area contributed by atoms with Gasteiger partial charge in [0.2, 0.25) is 5.91 Å². The van der Waals surface area contributed by atoms with Crippen molar-refractivity contribution in [3.63, 3.8) is 0 Å². The maximum Gasteiger partial charge on any atom is 0.409 e. The van der Waals surface area contributed by atoms with E-state index >= 15 is 0 Å².